The summed E-state index contributed by atoms with van der Waals surface area (Å²) in [6.07, 6.45) is 2.39. The number of benzene rings is 1. The van der Waals surface area contributed by atoms with E-state index in [1.165, 1.54) is 17.8 Å². The van der Waals surface area contributed by atoms with Crippen molar-refractivity contribution in [1.82, 2.24) is 5.32 Å². The number of nitrogens with one attached hydrogen (secondary N) is 1. The molecular formula is C13H17ClFNOS. The molecule has 2 nitrogen and oxygen atoms in total. The Kier molecular flexibility index (Phi) is 5.47. The summed E-state index contributed by atoms with van der Waals surface area (Å²) in [6, 6.07) is 5.15. The summed E-state index contributed by atoms with van der Waals surface area (Å²) in [6.45, 7) is 3.77. The van der Waals surface area contributed by atoms with Crippen LogP contribution in [0.2, 0.25) is 0 Å². The third-order valence-electron chi connectivity index (χ3n) is 2.46. The molecule has 0 saturated heterocycles. The molecule has 0 spiro atoms. The minimum Gasteiger partial charge on any atom is -0.350 e. The third kappa shape index (κ3) is 4.50. The third-order valence-corrected chi connectivity index (χ3v) is 3.48. The Morgan fingerprint density at radius 2 is 2.17 bits per heavy atom. The summed E-state index contributed by atoms with van der Waals surface area (Å²) in [5.74, 6) is -0.509. The topological polar surface area (TPSA) is 29.1 Å². The molecule has 0 atom stereocenters. The number of carbonyl (C=O) groups is 1. The van der Waals surface area contributed by atoms with Gasteiger partial charge in [-0.1, -0.05) is 6.07 Å². The number of hydrogen-bond acceptors (Lipinski definition) is 2. The quantitative estimate of drug-likeness (QED) is 0.666. The lowest BCUT2D eigenvalue weighted by Gasteiger charge is -2.26. The minimum absolute atomic E-state index is 0.0663. The number of halogens is 2. The first-order chi connectivity index (χ1) is 8.38. The van der Waals surface area contributed by atoms with Gasteiger partial charge in [0.15, 0.2) is 0 Å². The van der Waals surface area contributed by atoms with E-state index < -0.39 is 5.54 Å². The fraction of sp³-hybridized carbons (Fsp3) is 0.462. The molecule has 1 aromatic carbocycles. The first-order valence-electron chi connectivity index (χ1n) is 5.57. The number of hydrogen-bond donors (Lipinski definition) is 1. The van der Waals surface area contributed by atoms with E-state index >= 15 is 0 Å². The van der Waals surface area contributed by atoms with E-state index in [2.05, 4.69) is 5.32 Å². The summed E-state index contributed by atoms with van der Waals surface area (Å²) in [4.78, 5) is 11.9. The van der Waals surface area contributed by atoms with Gasteiger partial charge in [0.1, 0.15) is 11.7 Å². The predicted molar refractivity (Wildman–Crippen MR) is 74.8 cm³/mol. The van der Waals surface area contributed by atoms with Gasteiger partial charge in [0.05, 0.1) is 0 Å². The summed E-state index contributed by atoms with van der Waals surface area (Å²) in [5, 5.41) is 2.80. The molecule has 0 heterocycles. The lowest BCUT2D eigenvalue weighted by atomic mass is 9.95. The Bertz CT molecular complexity index is 437. The van der Waals surface area contributed by atoms with Crippen LogP contribution in [0.5, 0.6) is 0 Å². The van der Waals surface area contributed by atoms with Crippen molar-refractivity contribution in [2.45, 2.75) is 30.7 Å². The number of carbonyl (C=O) groups excluding carboxylic acids is 1. The van der Waals surface area contributed by atoms with Crippen molar-refractivity contribution in [3.8, 4) is 0 Å². The van der Waals surface area contributed by atoms with Crippen LogP contribution >= 0.6 is 23.4 Å². The zero-order chi connectivity index (χ0) is 13.8. The van der Waals surface area contributed by atoms with Crippen LogP contribution < -0.4 is 5.32 Å². The summed E-state index contributed by atoms with van der Waals surface area (Å²) >= 11 is 6.83. The normalized spacial score (nSPS) is 11.4. The molecule has 0 bridgehead atoms. The Morgan fingerprint density at radius 3 is 2.67 bits per heavy atom. The van der Waals surface area contributed by atoms with Crippen molar-refractivity contribution in [3.05, 3.63) is 29.6 Å². The maximum Gasteiger partial charge on any atom is 0.235 e. The molecular weight excluding hydrogens is 273 g/mol. The van der Waals surface area contributed by atoms with Crippen LogP contribution in [-0.4, -0.2) is 23.6 Å². The molecule has 0 saturated carbocycles. The largest absolute Gasteiger partial charge is 0.350 e. The molecule has 0 aromatic heterocycles. The molecule has 0 aliphatic rings. The fourth-order valence-corrected chi connectivity index (χ4v) is 2.31. The van der Waals surface area contributed by atoms with Gasteiger partial charge in [0, 0.05) is 10.4 Å². The zero-order valence-electron chi connectivity index (χ0n) is 10.7. The number of amides is 1. The number of thioether (sulfide) groups is 1. The summed E-state index contributed by atoms with van der Waals surface area (Å²) < 4.78 is 13.6. The van der Waals surface area contributed by atoms with E-state index in [0.717, 1.165) is 5.56 Å². The molecule has 1 rings (SSSR count). The van der Waals surface area contributed by atoms with Crippen molar-refractivity contribution in [1.29, 1.82) is 0 Å². The Hall–Kier alpha value is -0.740. The van der Waals surface area contributed by atoms with Crippen LogP contribution in [0.4, 0.5) is 4.39 Å². The molecule has 0 radical (unpaired) electrons. The van der Waals surface area contributed by atoms with Gasteiger partial charge >= 0.3 is 0 Å². The standard InChI is InChI=1S/C13H17ClFNOS/c1-13(2,16-12(17)8-14)7-9-4-5-11(18-3)10(15)6-9/h4-6H,7-8H2,1-3H3,(H,16,17). The monoisotopic (exact) mass is 289 g/mol. The molecule has 1 N–H and O–H groups in total. The Balaban J connectivity index is 2.77. The second kappa shape index (κ2) is 6.43. The average molecular weight is 290 g/mol. The van der Waals surface area contributed by atoms with Crippen LogP contribution in [0.3, 0.4) is 0 Å². The average Bonchev–Trinajstić information content (AvgIpc) is 2.27. The van der Waals surface area contributed by atoms with Gasteiger partial charge in [-0.25, -0.2) is 4.39 Å². The number of rotatable bonds is 5. The van der Waals surface area contributed by atoms with Crippen LogP contribution in [0.1, 0.15) is 19.4 Å². The summed E-state index contributed by atoms with van der Waals surface area (Å²) in [7, 11) is 0. The van der Waals surface area contributed by atoms with E-state index in [4.69, 9.17) is 11.6 Å². The maximum atomic E-state index is 13.6. The first-order valence-corrected chi connectivity index (χ1v) is 7.33. The van der Waals surface area contributed by atoms with Crippen molar-refractivity contribution >= 4 is 29.3 Å². The first kappa shape index (κ1) is 15.3. The van der Waals surface area contributed by atoms with E-state index in [1.54, 1.807) is 6.07 Å². The highest BCUT2D eigenvalue weighted by molar-refractivity contribution is 7.98. The van der Waals surface area contributed by atoms with Gasteiger partial charge in [0.25, 0.3) is 0 Å². The van der Waals surface area contributed by atoms with Crippen molar-refractivity contribution < 1.29 is 9.18 Å². The molecule has 0 unspecified atom stereocenters. The smallest absolute Gasteiger partial charge is 0.235 e. The van der Waals surface area contributed by atoms with Crippen LogP contribution in [0.25, 0.3) is 0 Å². The molecule has 5 heteroatoms. The molecule has 1 amide bonds. The maximum absolute atomic E-state index is 13.6. The molecule has 0 aliphatic carbocycles. The van der Waals surface area contributed by atoms with Gasteiger partial charge < -0.3 is 5.32 Å². The second-order valence-corrected chi connectivity index (χ2v) is 5.83. The SMILES string of the molecule is CSc1ccc(CC(C)(C)NC(=O)CCl)cc1F. The lowest BCUT2D eigenvalue weighted by Crippen LogP contribution is -2.45. The van der Waals surface area contributed by atoms with Gasteiger partial charge in [-0.2, -0.15) is 0 Å². The zero-order valence-corrected chi connectivity index (χ0v) is 12.3. The van der Waals surface area contributed by atoms with E-state index in [0.29, 0.717) is 11.3 Å². The second-order valence-electron chi connectivity index (χ2n) is 4.71. The van der Waals surface area contributed by atoms with Gasteiger partial charge in [-0.15, -0.1) is 23.4 Å². The van der Waals surface area contributed by atoms with E-state index in [9.17, 15) is 9.18 Å². The lowest BCUT2D eigenvalue weighted by molar-refractivity contribution is -0.120. The van der Waals surface area contributed by atoms with Crippen molar-refractivity contribution in [2.24, 2.45) is 0 Å². The molecule has 0 fully saturated rings. The molecule has 0 aliphatic heterocycles. The van der Waals surface area contributed by atoms with E-state index in [1.807, 2.05) is 26.2 Å². The number of alkyl halides is 1. The van der Waals surface area contributed by atoms with Crippen LogP contribution in [0, 0.1) is 5.82 Å². The van der Waals surface area contributed by atoms with Crippen LogP contribution in [-0.2, 0) is 11.2 Å². The van der Waals surface area contributed by atoms with Crippen molar-refractivity contribution in [2.75, 3.05) is 12.1 Å². The highest BCUT2D eigenvalue weighted by Crippen LogP contribution is 2.22. The van der Waals surface area contributed by atoms with Gasteiger partial charge in [-0.3, -0.25) is 4.79 Å². The van der Waals surface area contributed by atoms with Gasteiger partial charge in [0.2, 0.25) is 5.91 Å². The Morgan fingerprint density at radius 1 is 1.50 bits per heavy atom. The predicted octanol–water partition coefficient (Wildman–Crippen LogP) is 3.22. The van der Waals surface area contributed by atoms with Gasteiger partial charge in [-0.05, 0) is 44.2 Å². The fourth-order valence-electron chi connectivity index (χ4n) is 1.79. The van der Waals surface area contributed by atoms with E-state index in [-0.39, 0.29) is 17.6 Å². The molecule has 100 valence electrons. The molecule has 1 aromatic rings. The Labute approximate surface area is 116 Å². The highest BCUT2D eigenvalue weighted by atomic mass is 35.5. The molecule has 18 heavy (non-hydrogen) atoms. The summed E-state index contributed by atoms with van der Waals surface area (Å²) in [5.41, 5.74) is 0.407. The van der Waals surface area contributed by atoms with Crippen LogP contribution in [0.15, 0.2) is 23.1 Å². The van der Waals surface area contributed by atoms with Crippen molar-refractivity contribution in [3.63, 3.8) is 0 Å². The minimum atomic E-state index is -0.445. The highest BCUT2D eigenvalue weighted by Gasteiger charge is 2.21.